The van der Waals surface area contributed by atoms with E-state index in [1.807, 2.05) is 50.2 Å². The second kappa shape index (κ2) is 19.5. The maximum atomic E-state index is 14.7. The summed E-state index contributed by atoms with van der Waals surface area (Å²) >= 11 is 0. The average molecular weight is 947 g/mol. The summed E-state index contributed by atoms with van der Waals surface area (Å²) in [6.45, 7) is 3.69. The van der Waals surface area contributed by atoms with Crippen LogP contribution in [0.3, 0.4) is 0 Å². The van der Waals surface area contributed by atoms with E-state index in [-0.39, 0.29) is 47.4 Å². The number of hydrogen-bond acceptors (Lipinski definition) is 8. The number of carbonyl (C=O) groups is 2. The summed E-state index contributed by atoms with van der Waals surface area (Å²) in [7, 11) is -0.722. The van der Waals surface area contributed by atoms with E-state index in [0.717, 1.165) is 60.4 Å². The number of nitrogens with zero attached hydrogens (tertiary/aromatic N) is 4. The summed E-state index contributed by atoms with van der Waals surface area (Å²) in [5.41, 5.74) is 5.27. The van der Waals surface area contributed by atoms with Gasteiger partial charge in [-0.3, -0.25) is 4.79 Å². The van der Waals surface area contributed by atoms with Gasteiger partial charge >= 0.3 is 5.97 Å². The minimum Gasteiger partial charge on any atom is -0.481 e. The maximum absolute atomic E-state index is 14.7. The largest absolute Gasteiger partial charge is 0.481 e. The molecule has 16 heteroatoms. The van der Waals surface area contributed by atoms with Crippen LogP contribution >= 0.6 is 0 Å². The molecule has 0 aliphatic heterocycles. The van der Waals surface area contributed by atoms with Crippen molar-refractivity contribution in [3.8, 4) is 34.0 Å². The molecule has 1 saturated carbocycles. The van der Waals surface area contributed by atoms with Gasteiger partial charge in [0.15, 0.2) is 15.6 Å². The first kappa shape index (κ1) is 47.2. The number of Topliss-reactive ketones (excluding diaryl/α,β-unsaturated/α-hetero) is 1. The highest BCUT2D eigenvalue weighted by molar-refractivity contribution is 7.93. The van der Waals surface area contributed by atoms with Crippen LogP contribution in [-0.4, -0.2) is 69.6 Å². The predicted octanol–water partition coefficient (Wildman–Crippen LogP) is 10.7. The van der Waals surface area contributed by atoms with Crippen LogP contribution in [0, 0.1) is 23.3 Å². The van der Waals surface area contributed by atoms with E-state index in [4.69, 9.17) is 9.47 Å². The molecule has 4 heterocycles. The standard InChI is InChI=1S/C28H26F2N2O4S.C24H20F2N2O3/c1-3-17-6-11-24-22(13-17)26(21-5-4-12-31-28(21)36-2)27(25(33)16-37(34,35)20-8-9-20)32(24)15-18-14-19(29)7-10-23(18)30;1-3-14-6-9-20-18(11-14)21(17-5-4-10-27-23(17)31-2)22(24(29)30)28(20)13-15-12-16(25)7-8-19(15)26/h4-7,10-14,20H,3,8-9,15-16H2,1-2H3;4-12H,3,13H2,1-2H3,(H,29,30). The van der Waals surface area contributed by atoms with Gasteiger partial charge in [-0.1, -0.05) is 26.0 Å². The number of halogens is 4. The predicted molar refractivity (Wildman–Crippen MR) is 251 cm³/mol. The van der Waals surface area contributed by atoms with Gasteiger partial charge in [0.25, 0.3) is 0 Å². The van der Waals surface area contributed by atoms with Gasteiger partial charge in [0.2, 0.25) is 11.8 Å². The van der Waals surface area contributed by atoms with E-state index in [1.165, 1.54) is 18.8 Å². The molecule has 0 amide bonds. The number of methoxy groups -OCH3 is 2. The highest BCUT2D eigenvalue weighted by Crippen LogP contribution is 2.42. The minimum absolute atomic E-state index is 0.0419. The average Bonchev–Trinajstić information content (AvgIpc) is 4.10. The van der Waals surface area contributed by atoms with Crippen molar-refractivity contribution in [3.63, 3.8) is 0 Å². The molecular formula is C52H46F4N4O7S. The topological polar surface area (TPSA) is 143 Å². The lowest BCUT2D eigenvalue weighted by atomic mass is 9.99. The lowest BCUT2D eigenvalue weighted by molar-refractivity contribution is 0.0686. The molecule has 0 bridgehead atoms. The zero-order valence-corrected chi connectivity index (χ0v) is 38.3. The van der Waals surface area contributed by atoms with Gasteiger partial charge in [0.1, 0.15) is 34.7 Å². The summed E-state index contributed by atoms with van der Waals surface area (Å²) in [6.07, 6.45) is 5.67. The molecule has 1 fully saturated rings. The van der Waals surface area contributed by atoms with Gasteiger partial charge in [-0.25, -0.2) is 40.7 Å². The van der Waals surface area contributed by atoms with Crippen LogP contribution in [0.25, 0.3) is 44.1 Å². The Morgan fingerprint density at radius 3 is 1.54 bits per heavy atom. The summed E-state index contributed by atoms with van der Waals surface area (Å²) < 4.78 is 96.6. The van der Waals surface area contributed by atoms with Crippen molar-refractivity contribution in [1.29, 1.82) is 0 Å². The van der Waals surface area contributed by atoms with Crippen molar-refractivity contribution in [2.24, 2.45) is 0 Å². The van der Waals surface area contributed by atoms with E-state index in [2.05, 4.69) is 9.97 Å². The molecule has 9 rings (SSSR count). The molecule has 68 heavy (non-hydrogen) atoms. The lowest BCUT2D eigenvalue weighted by Crippen LogP contribution is -2.23. The lowest BCUT2D eigenvalue weighted by Gasteiger charge is -2.14. The van der Waals surface area contributed by atoms with Crippen LogP contribution in [0.1, 0.15) is 69.9 Å². The fourth-order valence-electron chi connectivity index (χ4n) is 8.58. The summed E-state index contributed by atoms with van der Waals surface area (Å²) in [5.74, 6) is -4.36. The molecular weight excluding hydrogens is 901 g/mol. The fourth-order valence-corrected chi connectivity index (χ4v) is 10.2. The Morgan fingerprint density at radius 2 is 1.12 bits per heavy atom. The highest BCUT2D eigenvalue weighted by Gasteiger charge is 2.39. The number of carboxylic acids is 1. The number of aryl methyl sites for hydroxylation is 2. The zero-order chi connectivity index (χ0) is 48.4. The second-order valence-electron chi connectivity index (χ2n) is 16.4. The number of carbonyl (C=O) groups excluding carboxylic acids is 1. The van der Waals surface area contributed by atoms with E-state index < -0.39 is 55.9 Å². The van der Waals surface area contributed by atoms with Crippen LogP contribution in [0.2, 0.25) is 0 Å². The first-order chi connectivity index (χ1) is 32.7. The van der Waals surface area contributed by atoms with Crippen molar-refractivity contribution < 1.29 is 50.1 Å². The van der Waals surface area contributed by atoms with E-state index in [9.17, 15) is 40.7 Å². The Morgan fingerprint density at radius 1 is 0.662 bits per heavy atom. The number of ether oxygens (including phenoxy) is 2. The highest BCUT2D eigenvalue weighted by atomic mass is 32.2. The molecule has 11 nitrogen and oxygen atoms in total. The van der Waals surface area contributed by atoms with Gasteiger partial charge in [0, 0.05) is 67.6 Å². The molecule has 0 atom stereocenters. The molecule has 1 aliphatic rings. The van der Waals surface area contributed by atoms with Crippen LogP contribution in [0.15, 0.2) is 109 Å². The molecule has 350 valence electrons. The normalized spacial score (nSPS) is 12.5. The number of aromatic carboxylic acids is 1. The van der Waals surface area contributed by atoms with Crippen LogP contribution in [0.4, 0.5) is 17.6 Å². The van der Waals surface area contributed by atoms with Gasteiger partial charge in [0.05, 0.1) is 38.3 Å². The number of aromatic nitrogens is 4. The monoisotopic (exact) mass is 946 g/mol. The molecule has 0 spiro atoms. The molecule has 4 aromatic carbocycles. The third-order valence-electron chi connectivity index (χ3n) is 12.0. The van der Waals surface area contributed by atoms with Gasteiger partial charge in [-0.05, 0) is 122 Å². The van der Waals surface area contributed by atoms with E-state index in [0.29, 0.717) is 56.9 Å². The summed E-state index contributed by atoms with van der Waals surface area (Å²) in [4.78, 5) is 34.8. The Balaban J connectivity index is 0.000000187. The van der Waals surface area contributed by atoms with Crippen molar-refractivity contribution in [1.82, 2.24) is 19.1 Å². The number of ketones is 1. The Labute approximate surface area is 389 Å². The van der Waals surface area contributed by atoms with E-state index >= 15 is 0 Å². The van der Waals surface area contributed by atoms with Crippen LogP contribution in [-0.2, 0) is 35.8 Å². The SMILES string of the molecule is CCc1ccc2c(c1)c(-c1cccnc1OC)c(C(=O)CS(=O)(=O)C1CC1)n2Cc1cc(F)ccc1F.CCc1ccc2c(c1)c(-c1cccnc1OC)c(C(=O)O)n2Cc1cc(F)ccc1F. The quantitative estimate of drug-likeness (QED) is 0.0785. The second-order valence-corrected chi connectivity index (χ2v) is 18.6. The number of benzene rings is 4. The van der Waals surface area contributed by atoms with Gasteiger partial charge in [-0.15, -0.1) is 0 Å². The molecule has 0 radical (unpaired) electrons. The third-order valence-corrected chi connectivity index (χ3v) is 14.2. The minimum atomic E-state index is -3.65. The van der Waals surface area contributed by atoms with Crippen molar-refractivity contribution in [2.45, 2.75) is 57.9 Å². The molecule has 8 aromatic rings. The van der Waals surface area contributed by atoms with Gasteiger partial charge in [-0.2, -0.15) is 0 Å². The number of hydrogen-bond donors (Lipinski definition) is 1. The first-order valence-electron chi connectivity index (χ1n) is 21.8. The van der Waals surface area contributed by atoms with Gasteiger partial charge < -0.3 is 23.7 Å². The number of fused-ring (bicyclic) bond motifs is 2. The summed E-state index contributed by atoms with van der Waals surface area (Å²) in [5, 5.41) is 11.0. The number of carboxylic acid groups (broad SMARTS) is 1. The number of sulfone groups is 1. The third kappa shape index (κ3) is 9.32. The maximum Gasteiger partial charge on any atom is 0.353 e. The van der Waals surface area contributed by atoms with Crippen LogP contribution < -0.4 is 9.47 Å². The zero-order valence-electron chi connectivity index (χ0n) is 37.5. The van der Waals surface area contributed by atoms with E-state index in [1.54, 1.807) is 41.2 Å². The first-order valence-corrected chi connectivity index (χ1v) is 23.5. The molecule has 0 unspecified atom stereocenters. The molecule has 1 aliphatic carbocycles. The Kier molecular flexibility index (Phi) is 13.5. The van der Waals surface area contributed by atoms with Crippen molar-refractivity contribution in [3.05, 3.63) is 166 Å². The van der Waals surface area contributed by atoms with Crippen molar-refractivity contribution in [2.75, 3.05) is 20.0 Å². The number of pyridine rings is 2. The molecule has 0 saturated heterocycles. The smallest absolute Gasteiger partial charge is 0.353 e. The molecule has 4 aromatic heterocycles. The van der Waals surface area contributed by atoms with Crippen molar-refractivity contribution >= 4 is 43.4 Å². The fraction of sp³-hybridized carbons (Fsp3) is 0.231. The summed E-state index contributed by atoms with van der Waals surface area (Å²) in [6, 6.07) is 24.5. The Bertz CT molecular complexity index is 3360. The molecule has 1 N–H and O–H groups in total. The number of rotatable bonds is 15. The van der Waals surface area contributed by atoms with Crippen LogP contribution in [0.5, 0.6) is 11.8 Å². The Hall–Kier alpha value is -7.33.